The van der Waals surface area contributed by atoms with E-state index in [1.54, 1.807) is 12.1 Å². The lowest BCUT2D eigenvalue weighted by molar-refractivity contribution is -0.385. The van der Waals surface area contributed by atoms with Gasteiger partial charge in [0.2, 0.25) is 0 Å². The lowest BCUT2D eigenvalue weighted by atomic mass is 9.93. The normalized spacial score (nSPS) is 16.8. The van der Waals surface area contributed by atoms with Crippen LogP contribution in [0.1, 0.15) is 39.2 Å². The molecule has 0 amide bonds. The third-order valence-electron chi connectivity index (χ3n) is 4.35. The molecule has 0 radical (unpaired) electrons. The van der Waals surface area contributed by atoms with E-state index in [1.807, 2.05) is 6.07 Å². The number of nitro groups is 1. The van der Waals surface area contributed by atoms with Gasteiger partial charge in [0.15, 0.2) is 5.56 Å². The van der Waals surface area contributed by atoms with Gasteiger partial charge in [-0.25, -0.2) is 0 Å². The lowest BCUT2D eigenvalue weighted by Crippen LogP contribution is -2.46. The number of likely N-dealkylation sites (tertiary alicyclic amines) is 1. The number of benzene rings is 1. The summed E-state index contributed by atoms with van der Waals surface area (Å²) in [6.07, 6.45) is 2.07. The molecule has 0 aliphatic carbocycles. The van der Waals surface area contributed by atoms with E-state index in [2.05, 4.69) is 25.7 Å². The Labute approximate surface area is 136 Å². The molecule has 0 bridgehead atoms. The van der Waals surface area contributed by atoms with Crippen molar-refractivity contribution in [1.82, 2.24) is 4.90 Å². The van der Waals surface area contributed by atoms with Crippen LogP contribution in [-0.2, 0) is 0 Å². The van der Waals surface area contributed by atoms with Crippen molar-refractivity contribution >= 4 is 5.69 Å². The lowest BCUT2D eigenvalue weighted by Gasteiger charge is -2.40. The molecule has 23 heavy (non-hydrogen) atoms. The highest BCUT2D eigenvalue weighted by Gasteiger charge is 2.27. The first-order valence-corrected chi connectivity index (χ1v) is 7.88. The number of nitrogens with zero attached hydrogens (tertiary/aromatic N) is 3. The van der Waals surface area contributed by atoms with Crippen LogP contribution in [0.2, 0.25) is 0 Å². The fourth-order valence-electron chi connectivity index (χ4n) is 2.88. The van der Waals surface area contributed by atoms with Gasteiger partial charge in [-0.2, -0.15) is 5.26 Å². The monoisotopic (exact) mass is 317 g/mol. The predicted octanol–water partition coefficient (Wildman–Crippen LogP) is 3.36. The minimum Gasteiger partial charge on any atom is -0.492 e. The van der Waals surface area contributed by atoms with Crippen LogP contribution in [0.15, 0.2) is 18.2 Å². The van der Waals surface area contributed by atoms with Crippen molar-refractivity contribution in [3.63, 3.8) is 0 Å². The topological polar surface area (TPSA) is 79.4 Å². The van der Waals surface area contributed by atoms with Crippen LogP contribution in [-0.4, -0.2) is 35.1 Å². The second-order valence-electron chi connectivity index (χ2n) is 6.93. The molecule has 0 saturated carbocycles. The molecular weight excluding hydrogens is 294 g/mol. The molecule has 1 aromatic rings. The second-order valence-corrected chi connectivity index (χ2v) is 6.93. The summed E-state index contributed by atoms with van der Waals surface area (Å²) >= 11 is 0. The summed E-state index contributed by atoms with van der Waals surface area (Å²) in [5, 5.41) is 20.1. The first-order valence-electron chi connectivity index (χ1n) is 7.88. The largest absolute Gasteiger partial charge is 0.492 e. The summed E-state index contributed by atoms with van der Waals surface area (Å²) in [6.45, 7) is 9.19. The predicted molar refractivity (Wildman–Crippen MR) is 87.4 cm³/mol. The van der Waals surface area contributed by atoms with Crippen LogP contribution in [0, 0.1) is 27.4 Å². The fourth-order valence-corrected chi connectivity index (χ4v) is 2.88. The number of hydrogen-bond donors (Lipinski definition) is 0. The summed E-state index contributed by atoms with van der Waals surface area (Å²) in [4.78, 5) is 12.9. The van der Waals surface area contributed by atoms with Gasteiger partial charge in [-0.05, 0) is 58.7 Å². The van der Waals surface area contributed by atoms with Gasteiger partial charge < -0.3 is 4.74 Å². The molecule has 0 aromatic heterocycles. The van der Waals surface area contributed by atoms with E-state index in [1.165, 1.54) is 6.07 Å². The molecule has 0 spiro atoms. The highest BCUT2D eigenvalue weighted by molar-refractivity contribution is 5.56. The van der Waals surface area contributed by atoms with E-state index >= 15 is 0 Å². The van der Waals surface area contributed by atoms with E-state index in [9.17, 15) is 10.1 Å². The molecule has 0 N–H and O–H groups in total. The zero-order chi connectivity index (χ0) is 17.0. The second kappa shape index (κ2) is 6.97. The zero-order valence-corrected chi connectivity index (χ0v) is 13.9. The van der Waals surface area contributed by atoms with E-state index in [4.69, 9.17) is 10.00 Å². The number of rotatable bonds is 4. The highest BCUT2D eigenvalue weighted by atomic mass is 16.6. The number of nitriles is 1. The standard InChI is InChI=1S/C17H23N3O3/c1-17(2,3)19-9-7-13(8-10-19)12-23-16-6-4-5-15(20(21)22)14(16)11-18/h4-6,13H,7-10,12H2,1-3H3. The van der Waals surface area contributed by atoms with Gasteiger partial charge in [0.1, 0.15) is 11.8 Å². The third-order valence-corrected chi connectivity index (χ3v) is 4.35. The van der Waals surface area contributed by atoms with Gasteiger partial charge in [0.25, 0.3) is 5.69 Å². The van der Waals surface area contributed by atoms with Crippen molar-refractivity contribution in [3.05, 3.63) is 33.9 Å². The van der Waals surface area contributed by atoms with Gasteiger partial charge in [0.05, 0.1) is 11.5 Å². The minimum absolute atomic E-state index is 0.00428. The zero-order valence-electron chi connectivity index (χ0n) is 13.9. The maximum absolute atomic E-state index is 11.0. The van der Waals surface area contributed by atoms with Crippen LogP contribution in [0.25, 0.3) is 0 Å². The molecule has 1 aliphatic rings. The highest BCUT2D eigenvalue weighted by Crippen LogP contribution is 2.29. The van der Waals surface area contributed by atoms with Crippen LogP contribution in [0.5, 0.6) is 5.75 Å². The molecule has 0 atom stereocenters. The maximum Gasteiger partial charge on any atom is 0.290 e. The number of piperidine rings is 1. The molecule has 124 valence electrons. The van der Waals surface area contributed by atoms with Crippen LogP contribution >= 0.6 is 0 Å². The molecule has 0 unspecified atom stereocenters. The first kappa shape index (κ1) is 17.2. The van der Waals surface area contributed by atoms with Crippen molar-refractivity contribution in [2.24, 2.45) is 5.92 Å². The molecule has 6 nitrogen and oxygen atoms in total. The van der Waals surface area contributed by atoms with E-state index < -0.39 is 4.92 Å². The Kier molecular flexibility index (Phi) is 5.22. The van der Waals surface area contributed by atoms with Gasteiger partial charge >= 0.3 is 0 Å². The van der Waals surface area contributed by atoms with E-state index in [0.717, 1.165) is 25.9 Å². The molecule has 1 saturated heterocycles. The minimum atomic E-state index is -0.548. The van der Waals surface area contributed by atoms with Crippen molar-refractivity contribution in [2.45, 2.75) is 39.2 Å². The summed E-state index contributed by atoms with van der Waals surface area (Å²) in [5.41, 5.74) is -0.0167. The van der Waals surface area contributed by atoms with E-state index in [-0.39, 0.29) is 16.8 Å². The van der Waals surface area contributed by atoms with Crippen molar-refractivity contribution < 1.29 is 9.66 Å². The van der Waals surface area contributed by atoms with Gasteiger partial charge in [0, 0.05) is 11.6 Å². The Bertz CT molecular complexity index is 608. The average Bonchev–Trinajstić information content (AvgIpc) is 2.51. The fraction of sp³-hybridized carbons (Fsp3) is 0.588. The van der Waals surface area contributed by atoms with Crippen LogP contribution in [0.4, 0.5) is 5.69 Å². The molecule has 2 rings (SSSR count). The van der Waals surface area contributed by atoms with E-state index in [0.29, 0.717) is 18.3 Å². The first-order chi connectivity index (χ1) is 10.8. The number of nitro benzene ring substituents is 1. The molecule has 1 aliphatic heterocycles. The molecule has 6 heteroatoms. The molecule has 1 heterocycles. The van der Waals surface area contributed by atoms with Crippen LogP contribution in [0.3, 0.4) is 0 Å². The molecular formula is C17H23N3O3. The summed E-state index contributed by atoms with van der Waals surface area (Å²) < 4.78 is 5.73. The summed E-state index contributed by atoms with van der Waals surface area (Å²) in [7, 11) is 0. The van der Waals surface area contributed by atoms with Crippen LogP contribution < -0.4 is 4.74 Å². The molecule has 1 aromatic carbocycles. The molecule has 1 fully saturated rings. The van der Waals surface area contributed by atoms with Gasteiger partial charge in [-0.15, -0.1) is 0 Å². The third kappa shape index (κ3) is 4.20. The quantitative estimate of drug-likeness (QED) is 0.628. The van der Waals surface area contributed by atoms with Gasteiger partial charge in [-0.3, -0.25) is 15.0 Å². The van der Waals surface area contributed by atoms with Crippen molar-refractivity contribution in [3.8, 4) is 11.8 Å². The number of hydrogen-bond acceptors (Lipinski definition) is 5. The average molecular weight is 317 g/mol. The van der Waals surface area contributed by atoms with Crippen molar-refractivity contribution in [2.75, 3.05) is 19.7 Å². The summed E-state index contributed by atoms with van der Waals surface area (Å²) in [5.74, 6) is 0.722. The van der Waals surface area contributed by atoms with Crippen molar-refractivity contribution in [1.29, 1.82) is 5.26 Å². The Balaban J connectivity index is 1.97. The Morgan fingerprint density at radius 1 is 1.39 bits per heavy atom. The SMILES string of the molecule is CC(C)(C)N1CCC(COc2cccc([N+](=O)[O-])c2C#N)CC1. The Morgan fingerprint density at radius 2 is 2.04 bits per heavy atom. The number of ether oxygens (including phenoxy) is 1. The Morgan fingerprint density at radius 3 is 2.57 bits per heavy atom. The Hall–Kier alpha value is -2.13. The van der Waals surface area contributed by atoms with Gasteiger partial charge in [-0.1, -0.05) is 6.07 Å². The smallest absolute Gasteiger partial charge is 0.290 e. The summed E-state index contributed by atoms with van der Waals surface area (Å²) in [6, 6.07) is 6.38. The maximum atomic E-state index is 11.0.